The van der Waals surface area contributed by atoms with E-state index in [9.17, 15) is 13.2 Å². The van der Waals surface area contributed by atoms with Gasteiger partial charge in [0.1, 0.15) is 6.10 Å². The predicted molar refractivity (Wildman–Crippen MR) is 138 cm³/mol. The summed E-state index contributed by atoms with van der Waals surface area (Å²) in [5.41, 5.74) is 1.23. The van der Waals surface area contributed by atoms with Crippen molar-refractivity contribution in [3.63, 3.8) is 0 Å². The first kappa shape index (κ1) is 24.7. The second-order valence-electron chi connectivity index (χ2n) is 9.14. The smallest absolute Gasteiger partial charge is 0.407 e. The van der Waals surface area contributed by atoms with Crippen molar-refractivity contribution in [3.05, 3.63) is 41.8 Å². The number of nitrogens with zero attached hydrogens (tertiary/aromatic N) is 2. The lowest BCUT2D eigenvalue weighted by Crippen LogP contribution is -2.38. The van der Waals surface area contributed by atoms with Gasteiger partial charge in [0, 0.05) is 48.3 Å². The van der Waals surface area contributed by atoms with E-state index < -0.39 is 10.0 Å². The van der Waals surface area contributed by atoms with Crippen LogP contribution < -0.4 is 15.4 Å². The number of benzene rings is 1. The molecule has 2 aromatic heterocycles. The third kappa shape index (κ3) is 5.88. The molecule has 3 aromatic rings. The van der Waals surface area contributed by atoms with Crippen LogP contribution in [-0.2, 0) is 14.8 Å². The summed E-state index contributed by atoms with van der Waals surface area (Å²) < 4.78 is 34.0. The molecule has 0 aliphatic heterocycles. The fraction of sp³-hybridized carbons (Fsp3) is 0.458. The molecule has 0 atom stereocenters. The lowest BCUT2D eigenvalue weighted by atomic mass is 9.86. The van der Waals surface area contributed by atoms with Crippen molar-refractivity contribution < 1.29 is 17.9 Å². The van der Waals surface area contributed by atoms with Gasteiger partial charge in [0.15, 0.2) is 0 Å². The number of sulfonamides is 1. The lowest BCUT2D eigenvalue weighted by molar-refractivity contribution is 0.132. The number of imidazole rings is 1. The van der Waals surface area contributed by atoms with E-state index in [1.54, 1.807) is 37.6 Å². The summed E-state index contributed by atoms with van der Waals surface area (Å²) in [6, 6.07) is 5.38. The van der Waals surface area contributed by atoms with Gasteiger partial charge in [-0.25, -0.2) is 27.9 Å². The molecule has 2 fully saturated rings. The maximum Gasteiger partial charge on any atom is 0.407 e. The topological polar surface area (TPSA) is 138 Å². The first-order chi connectivity index (χ1) is 17.4. The Hall–Kier alpha value is -2.96. The molecule has 192 valence electrons. The number of nitrogens with one attached hydrogen (secondary N) is 4. The molecule has 10 nitrogen and oxygen atoms in total. The van der Waals surface area contributed by atoms with E-state index in [1.165, 1.54) is 11.3 Å². The molecular weight excluding hydrogens is 500 g/mol. The Bertz CT molecular complexity index is 1300. The minimum absolute atomic E-state index is 0.103. The van der Waals surface area contributed by atoms with E-state index in [-0.39, 0.29) is 35.6 Å². The highest BCUT2D eigenvalue weighted by Crippen LogP contribution is 2.40. The van der Waals surface area contributed by atoms with E-state index in [1.807, 2.05) is 6.07 Å². The Kier molecular flexibility index (Phi) is 7.26. The van der Waals surface area contributed by atoms with Crippen LogP contribution >= 0.6 is 11.3 Å². The van der Waals surface area contributed by atoms with Crippen LogP contribution in [0.15, 0.2) is 41.7 Å². The van der Waals surface area contributed by atoms with Crippen molar-refractivity contribution in [2.24, 2.45) is 0 Å². The van der Waals surface area contributed by atoms with Crippen molar-refractivity contribution in [3.8, 4) is 10.4 Å². The highest BCUT2D eigenvalue weighted by molar-refractivity contribution is 7.89. The fourth-order valence-electron chi connectivity index (χ4n) is 4.39. The summed E-state index contributed by atoms with van der Waals surface area (Å²) in [6.45, 7) is 2.04. The number of carbonyl (C=O) groups is 1. The van der Waals surface area contributed by atoms with Crippen LogP contribution in [0.5, 0.6) is 0 Å². The Morgan fingerprint density at radius 2 is 1.97 bits per heavy atom. The van der Waals surface area contributed by atoms with Gasteiger partial charge in [-0.2, -0.15) is 0 Å². The number of H-pyrrole nitrogens is 1. The number of rotatable bonds is 9. The summed E-state index contributed by atoms with van der Waals surface area (Å²) in [5, 5.41) is 7.08. The Labute approximate surface area is 214 Å². The summed E-state index contributed by atoms with van der Waals surface area (Å²) in [7, 11) is -3.72. The van der Waals surface area contributed by atoms with Crippen LogP contribution in [0.1, 0.15) is 56.4 Å². The zero-order valence-electron chi connectivity index (χ0n) is 20.0. The van der Waals surface area contributed by atoms with E-state index >= 15 is 0 Å². The van der Waals surface area contributed by atoms with Crippen molar-refractivity contribution in [1.29, 1.82) is 0 Å². The molecular formula is C24H30N6O4S2. The quantitative estimate of drug-likeness (QED) is 0.320. The Morgan fingerprint density at radius 1 is 1.17 bits per heavy atom. The SMILES string of the molecule is CCNS(=O)(=O)c1cc(Nc2ncc[nH]2)ccc1-c1cnc(C2CCC(NC(=O)OC3CC3)CC2)s1. The molecule has 12 heteroatoms. The summed E-state index contributed by atoms with van der Waals surface area (Å²) in [6.07, 6.45) is 10.4. The molecule has 2 aliphatic rings. The van der Waals surface area contributed by atoms with Crippen molar-refractivity contribution >= 4 is 39.1 Å². The van der Waals surface area contributed by atoms with Gasteiger partial charge < -0.3 is 20.4 Å². The number of anilines is 2. The first-order valence-corrected chi connectivity index (χ1v) is 14.5. The minimum Gasteiger partial charge on any atom is -0.446 e. The molecule has 1 aromatic carbocycles. The largest absolute Gasteiger partial charge is 0.446 e. The van der Waals surface area contributed by atoms with Crippen molar-refractivity contribution in [2.75, 3.05) is 11.9 Å². The molecule has 1 amide bonds. The zero-order valence-corrected chi connectivity index (χ0v) is 21.6. The predicted octanol–water partition coefficient (Wildman–Crippen LogP) is 4.49. The van der Waals surface area contributed by atoms with Crippen LogP contribution in [0.25, 0.3) is 10.4 Å². The summed E-state index contributed by atoms with van der Waals surface area (Å²) in [5.74, 6) is 0.815. The Morgan fingerprint density at radius 3 is 2.67 bits per heavy atom. The molecule has 2 heterocycles. The van der Waals surface area contributed by atoms with Gasteiger partial charge in [0.2, 0.25) is 16.0 Å². The second kappa shape index (κ2) is 10.6. The van der Waals surface area contributed by atoms with Gasteiger partial charge in [-0.3, -0.25) is 0 Å². The van der Waals surface area contributed by atoms with Gasteiger partial charge in [-0.05, 0) is 50.7 Å². The maximum absolute atomic E-state index is 13.1. The van der Waals surface area contributed by atoms with Gasteiger partial charge in [-0.15, -0.1) is 11.3 Å². The Balaban J connectivity index is 1.31. The van der Waals surface area contributed by atoms with Gasteiger partial charge in [0.25, 0.3) is 0 Å². The van der Waals surface area contributed by atoms with Crippen LogP contribution in [0.4, 0.5) is 16.4 Å². The molecule has 0 bridgehead atoms. The fourth-order valence-corrected chi connectivity index (χ4v) is 6.86. The summed E-state index contributed by atoms with van der Waals surface area (Å²) >= 11 is 1.53. The second-order valence-corrected chi connectivity index (χ2v) is 11.9. The lowest BCUT2D eigenvalue weighted by Gasteiger charge is -2.27. The number of aromatic amines is 1. The van der Waals surface area contributed by atoms with Crippen LogP contribution in [0, 0.1) is 0 Å². The molecule has 0 spiro atoms. The maximum atomic E-state index is 13.1. The molecule has 2 aliphatic carbocycles. The number of hydrogen-bond donors (Lipinski definition) is 4. The number of ether oxygens (including phenoxy) is 1. The average Bonchev–Trinajstić information content (AvgIpc) is 3.30. The number of thiazole rings is 1. The number of carbonyl (C=O) groups excluding carboxylic acids is 1. The highest BCUT2D eigenvalue weighted by Gasteiger charge is 2.30. The molecule has 36 heavy (non-hydrogen) atoms. The minimum atomic E-state index is -3.72. The highest BCUT2D eigenvalue weighted by atomic mass is 32.2. The van der Waals surface area contributed by atoms with E-state index in [2.05, 4.69) is 30.3 Å². The molecule has 0 saturated heterocycles. The van der Waals surface area contributed by atoms with Crippen LogP contribution in [0.3, 0.4) is 0 Å². The number of alkyl carbamates (subject to hydrolysis) is 1. The molecule has 2 saturated carbocycles. The van der Waals surface area contributed by atoms with Gasteiger partial charge >= 0.3 is 6.09 Å². The van der Waals surface area contributed by atoms with E-state index in [0.29, 0.717) is 17.2 Å². The third-order valence-corrected chi connectivity index (χ3v) is 9.13. The first-order valence-electron chi connectivity index (χ1n) is 12.2. The van der Waals surface area contributed by atoms with Crippen LogP contribution in [0.2, 0.25) is 0 Å². The van der Waals surface area contributed by atoms with E-state index in [0.717, 1.165) is 48.4 Å². The molecule has 4 N–H and O–H groups in total. The molecule has 5 rings (SSSR count). The van der Waals surface area contributed by atoms with Gasteiger partial charge in [0.05, 0.1) is 14.8 Å². The van der Waals surface area contributed by atoms with Crippen molar-refractivity contribution in [1.82, 2.24) is 25.0 Å². The van der Waals surface area contributed by atoms with Gasteiger partial charge in [-0.1, -0.05) is 13.0 Å². The third-order valence-electron chi connectivity index (χ3n) is 6.35. The van der Waals surface area contributed by atoms with Crippen molar-refractivity contribution in [2.45, 2.75) is 68.4 Å². The number of amides is 1. The molecule has 0 radical (unpaired) electrons. The average molecular weight is 531 g/mol. The number of hydrogen-bond acceptors (Lipinski definition) is 8. The van der Waals surface area contributed by atoms with E-state index in [4.69, 9.17) is 4.74 Å². The zero-order chi connectivity index (χ0) is 25.1. The number of aromatic nitrogens is 3. The molecule has 0 unspecified atom stereocenters. The standard InChI is InChI=1S/C24H30N6O4S2/c1-2-28-36(32,33)21-13-17(29-23-25-11-12-26-23)7-10-19(21)20-14-27-22(35-20)15-3-5-16(6-4-15)30-24(31)34-18-8-9-18/h7,10-16,18,28H,2-6,8-9H2,1H3,(H,30,31)(H2,25,26,29). The monoisotopic (exact) mass is 530 g/mol. The van der Waals surface area contributed by atoms with Crippen LogP contribution in [-0.4, -0.2) is 48.2 Å². The summed E-state index contributed by atoms with van der Waals surface area (Å²) in [4.78, 5) is 24.7. The normalized spacial score (nSPS) is 20.1.